The highest BCUT2D eigenvalue weighted by Gasteiger charge is 2.25. The third-order valence-corrected chi connectivity index (χ3v) is 4.52. The summed E-state index contributed by atoms with van der Waals surface area (Å²) in [6.07, 6.45) is 2.05. The summed E-state index contributed by atoms with van der Waals surface area (Å²) in [5.41, 5.74) is 1.93. The highest BCUT2D eigenvalue weighted by atomic mass is 32.2. The van der Waals surface area contributed by atoms with Crippen LogP contribution in [0.4, 0.5) is 0 Å². The van der Waals surface area contributed by atoms with Crippen LogP contribution >= 0.6 is 0 Å². The first-order valence-electron chi connectivity index (χ1n) is 5.09. The maximum Gasteiger partial charge on any atom is 0.178 e. The molecule has 0 saturated carbocycles. The molecule has 0 aromatic heterocycles. The fourth-order valence-corrected chi connectivity index (χ4v) is 3.50. The van der Waals surface area contributed by atoms with E-state index in [9.17, 15) is 8.42 Å². The van der Waals surface area contributed by atoms with Gasteiger partial charge >= 0.3 is 0 Å². The Bertz CT molecular complexity index is 463. The van der Waals surface area contributed by atoms with E-state index >= 15 is 0 Å². The van der Waals surface area contributed by atoms with Crippen molar-refractivity contribution in [1.29, 1.82) is 0 Å². The van der Waals surface area contributed by atoms with Gasteiger partial charge in [-0.15, -0.1) is 0 Å². The van der Waals surface area contributed by atoms with Gasteiger partial charge in [0.15, 0.2) is 9.84 Å². The van der Waals surface area contributed by atoms with Crippen LogP contribution in [0.1, 0.15) is 17.5 Å². The Morgan fingerprint density at radius 3 is 2.87 bits per heavy atom. The molecule has 0 spiro atoms. The lowest BCUT2D eigenvalue weighted by Gasteiger charge is -2.03. The van der Waals surface area contributed by atoms with Crippen molar-refractivity contribution in [2.24, 2.45) is 0 Å². The molecule has 0 atom stereocenters. The van der Waals surface area contributed by atoms with Gasteiger partial charge in [0.2, 0.25) is 0 Å². The molecule has 1 N–H and O–H groups in total. The van der Waals surface area contributed by atoms with Crippen molar-refractivity contribution in [3.8, 4) is 0 Å². The maximum absolute atomic E-state index is 11.6. The molecule has 0 unspecified atom stereocenters. The second-order valence-corrected chi connectivity index (χ2v) is 5.92. The number of fused-ring (bicyclic) bond motifs is 1. The second-order valence-electron chi connectivity index (χ2n) is 3.84. The molecule has 1 aliphatic rings. The van der Waals surface area contributed by atoms with Crippen molar-refractivity contribution in [3.63, 3.8) is 0 Å². The van der Waals surface area contributed by atoms with Crippen molar-refractivity contribution in [3.05, 3.63) is 29.3 Å². The second kappa shape index (κ2) is 3.94. The summed E-state index contributed by atoms with van der Waals surface area (Å²) >= 11 is 0. The van der Waals surface area contributed by atoms with E-state index in [1.165, 1.54) is 0 Å². The summed E-state index contributed by atoms with van der Waals surface area (Å²) in [5.74, 6) is 0.242. The SMILES string of the molecule is O=S1(=O)CCc2ccc(CCCO)cc21. The molecular weight excluding hydrogens is 212 g/mol. The van der Waals surface area contributed by atoms with Crippen molar-refractivity contribution in [2.75, 3.05) is 12.4 Å². The van der Waals surface area contributed by atoms with Crippen LogP contribution in [0.3, 0.4) is 0 Å². The molecule has 4 heteroatoms. The van der Waals surface area contributed by atoms with Crippen LogP contribution in [-0.2, 0) is 22.7 Å². The molecule has 1 aliphatic heterocycles. The van der Waals surface area contributed by atoms with Crippen LogP contribution in [0.15, 0.2) is 23.1 Å². The fraction of sp³-hybridized carbons (Fsp3) is 0.455. The van der Waals surface area contributed by atoms with Crippen molar-refractivity contribution < 1.29 is 13.5 Å². The van der Waals surface area contributed by atoms with Gasteiger partial charge in [0, 0.05) is 6.61 Å². The molecule has 3 nitrogen and oxygen atoms in total. The van der Waals surface area contributed by atoms with Crippen LogP contribution in [0.2, 0.25) is 0 Å². The smallest absolute Gasteiger partial charge is 0.178 e. The number of sulfone groups is 1. The van der Waals surface area contributed by atoms with Crippen LogP contribution in [0, 0.1) is 0 Å². The molecule has 1 aromatic rings. The number of hydrogen-bond acceptors (Lipinski definition) is 3. The van der Waals surface area contributed by atoms with Gasteiger partial charge in [-0.25, -0.2) is 8.42 Å². The van der Waals surface area contributed by atoms with Crippen molar-refractivity contribution >= 4 is 9.84 Å². The Balaban J connectivity index is 2.33. The highest BCUT2D eigenvalue weighted by Crippen LogP contribution is 2.26. The molecule has 0 fully saturated rings. The molecule has 82 valence electrons. The van der Waals surface area contributed by atoms with E-state index in [4.69, 9.17) is 5.11 Å². The summed E-state index contributed by atoms with van der Waals surface area (Å²) in [7, 11) is -3.02. The van der Waals surface area contributed by atoms with E-state index in [0.29, 0.717) is 17.7 Å². The number of benzene rings is 1. The fourth-order valence-electron chi connectivity index (χ4n) is 1.89. The molecule has 0 aliphatic carbocycles. The van der Waals surface area contributed by atoms with Gasteiger partial charge in [-0.05, 0) is 36.5 Å². The van der Waals surface area contributed by atoms with Gasteiger partial charge in [0.1, 0.15) is 0 Å². The summed E-state index contributed by atoms with van der Waals surface area (Å²) in [6, 6.07) is 5.61. The minimum absolute atomic E-state index is 0.143. The van der Waals surface area contributed by atoms with Gasteiger partial charge < -0.3 is 5.11 Å². The van der Waals surface area contributed by atoms with Crippen LogP contribution in [0.25, 0.3) is 0 Å². The van der Waals surface area contributed by atoms with Gasteiger partial charge in [-0.1, -0.05) is 12.1 Å². The molecule has 0 amide bonds. The van der Waals surface area contributed by atoms with E-state index in [1.807, 2.05) is 12.1 Å². The van der Waals surface area contributed by atoms with Crippen molar-refractivity contribution in [2.45, 2.75) is 24.2 Å². The summed E-state index contributed by atoms with van der Waals surface area (Å²) in [6.45, 7) is 0.143. The van der Waals surface area contributed by atoms with Gasteiger partial charge in [0.05, 0.1) is 10.6 Å². The molecular formula is C11H14O3S. The van der Waals surface area contributed by atoms with E-state index in [2.05, 4.69) is 0 Å². The zero-order valence-corrected chi connectivity index (χ0v) is 9.26. The number of aliphatic hydroxyl groups excluding tert-OH is 1. The van der Waals surface area contributed by atoms with E-state index < -0.39 is 9.84 Å². The Morgan fingerprint density at radius 2 is 2.13 bits per heavy atom. The standard InChI is InChI=1S/C11H14O3S/c12-6-1-2-9-3-4-10-5-7-15(13,14)11(10)8-9/h3-4,8,12H,1-2,5-7H2. The van der Waals surface area contributed by atoms with Crippen LogP contribution < -0.4 is 0 Å². The molecule has 2 rings (SSSR count). The van der Waals surface area contributed by atoms with Crippen LogP contribution in [-0.4, -0.2) is 25.9 Å². The molecule has 15 heavy (non-hydrogen) atoms. The first-order valence-corrected chi connectivity index (χ1v) is 6.74. The Kier molecular flexibility index (Phi) is 2.80. The molecule has 0 radical (unpaired) electrons. The zero-order chi connectivity index (χ0) is 10.9. The molecule has 1 aromatic carbocycles. The average Bonchev–Trinajstić information content (AvgIpc) is 2.52. The first kappa shape index (κ1) is 10.6. The monoisotopic (exact) mass is 226 g/mol. The Labute approximate surface area is 89.7 Å². The Morgan fingerprint density at radius 1 is 1.33 bits per heavy atom. The minimum atomic E-state index is -3.02. The first-order chi connectivity index (χ1) is 7.13. The lowest BCUT2D eigenvalue weighted by atomic mass is 10.1. The summed E-state index contributed by atoms with van der Waals surface area (Å²) in [5, 5.41) is 8.71. The lowest BCUT2D eigenvalue weighted by molar-refractivity contribution is 0.288. The Hall–Kier alpha value is -0.870. The minimum Gasteiger partial charge on any atom is -0.396 e. The number of rotatable bonds is 3. The van der Waals surface area contributed by atoms with Gasteiger partial charge in [0.25, 0.3) is 0 Å². The topological polar surface area (TPSA) is 54.4 Å². The number of aliphatic hydroxyl groups is 1. The summed E-state index contributed by atoms with van der Waals surface area (Å²) < 4.78 is 23.3. The van der Waals surface area contributed by atoms with E-state index in [0.717, 1.165) is 17.5 Å². The quantitative estimate of drug-likeness (QED) is 0.834. The summed E-state index contributed by atoms with van der Waals surface area (Å²) in [4.78, 5) is 0.498. The maximum atomic E-state index is 11.6. The molecule has 1 heterocycles. The van der Waals surface area contributed by atoms with E-state index in [1.54, 1.807) is 6.07 Å². The third-order valence-electron chi connectivity index (χ3n) is 2.73. The predicted molar refractivity (Wildman–Crippen MR) is 57.6 cm³/mol. The van der Waals surface area contributed by atoms with Crippen molar-refractivity contribution in [1.82, 2.24) is 0 Å². The average molecular weight is 226 g/mol. The zero-order valence-electron chi connectivity index (χ0n) is 8.44. The molecule has 0 bridgehead atoms. The lowest BCUT2D eigenvalue weighted by Crippen LogP contribution is -1.99. The van der Waals surface area contributed by atoms with Crippen LogP contribution in [0.5, 0.6) is 0 Å². The third kappa shape index (κ3) is 2.06. The normalized spacial score (nSPS) is 17.7. The van der Waals surface area contributed by atoms with Gasteiger partial charge in [-0.2, -0.15) is 0 Å². The predicted octanol–water partition coefficient (Wildman–Crippen LogP) is 0.941. The number of hydrogen-bond donors (Lipinski definition) is 1. The largest absolute Gasteiger partial charge is 0.396 e. The van der Waals surface area contributed by atoms with E-state index in [-0.39, 0.29) is 12.4 Å². The highest BCUT2D eigenvalue weighted by molar-refractivity contribution is 7.91. The number of aryl methyl sites for hydroxylation is 2. The van der Waals surface area contributed by atoms with Gasteiger partial charge in [-0.3, -0.25) is 0 Å². The molecule has 0 saturated heterocycles.